The lowest BCUT2D eigenvalue weighted by Crippen LogP contribution is -2.15. The fraction of sp³-hybridized carbons (Fsp3) is 0.320. The van der Waals surface area contributed by atoms with Crippen molar-refractivity contribution in [3.63, 3.8) is 0 Å². The second kappa shape index (κ2) is 8.76. The lowest BCUT2D eigenvalue weighted by Gasteiger charge is -2.19. The van der Waals surface area contributed by atoms with E-state index in [-0.39, 0.29) is 0 Å². The van der Waals surface area contributed by atoms with E-state index in [1.165, 1.54) is 0 Å². The van der Waals surface area contributed by atoms with Crippen LogP contribution in [-0.2, 0) is 13.0 Å². The van der Waals surface area contributed by atoms with Crippen molar-refractivity contribution in [2.45, 2.75) is 33.2 Å². The maximum absolute atomic E-state index is 12.6. The van der Waals surface area contributed by atoms with Gasteiger partial charge in [0.1, 0.15) is 19.0 Å². The van der Waals surface area contributed by atoms with E-state index < -0.39 is 5.91 Å². The zero-order valence-corrected chi connectivity index (χ0v) is 18.2. The Labute approximate surface area is 182 Å². The lowest BCUT2D eigenvalue weighted by molar-refractivity contribution is 0.1000. The number of nitrogens with zero attached hydrogens (tertiary/aromatic N) is 1. The largest absolute Gasteiger partial charge is 0.496 e. The molecule has 0 saturated heterocycles. The smallest absolute Gasteiger partial charge is 0.251 e. The number of aromatic nitrogens is 1. The van der Waals surface area contributed by atoms with Crippen LogP contribution in [0.5, 0.6) is 17.2 Å². The predicted molar refractivity (Wildman–Crippen MR) is 120 cm³/mol. The first-order valence-electron chi connectivity index (χ1n) is 10.6. The van der Waals surface area contributed by atoms with Gasteiger partial charge in [-0.25, -0.2) is 0 Å². The van der Waals surface area contributed by atoms with Crippen molar-refractivity contribution < 1.29 is 19.0 Å². The highest BCUT2D eigenvalue weighted by molar-refractivity contribution is 6.02. The number of hydrogen-bond donors (Lipinski definition) is 1. The Hall–Kier alpha value is -3.41. The number of hydrogen-bond acceptors (Lipinski definition) is 4. The van der Waals surface area contributed by atoms with Gasteiger partial charge in [0.25, 0.3) is 5.91 Å². The minimum Gasteiger partial charge on any atom is -0.496 e. The molecule has 1 amide bonds. The predicted octanol–water partition coefficient (Wildman–Crippen LogP) is 4.34. The third-order valence-corrected chi connectivity index (χ3v) is 5.72. The second-order valence-corrected chi connectivity index (χ2v) is 7.65. The van der Waals surface area contributed by atoms with Gasteiger partial charge in [-0.05, 0) is 37.1 Å². The van der Waals surface area contributed by atoms with E-state index >= 15 is 0 Å². The van der Waals surface area contributed by atoms with E-state index in [2.05, 4.69) is 11.5 Å². The third-order valence-electron chi connectivity index (χ3n) is 5.72. The fourth-order valence-electron chi connectivity index (χ4n) is 4.32. The van der Waals surface area contributed by atoms with Gasteiger partial charge in [0.15, 0.2) is 11.5 Å². The molecule has 0 saturated carbocycles. The van der Waals surface area contributed by atoms with Crippen molar-refractivity contribution >= 4 is 5.91 Å². The number of primary amides is 1. The highest BCUT2D eigenvalue weighted by atomic mass is 16.6. The highest BCUT2D eigenvalue weighted by Gasteiger charge is 2.26. The maximum atomic E-state index is 12.6. The SMILES string of the molecule is CCCc1c(-c2ccc3c(c2)OCCO3)c(C(N)=O)c(C)n1Cc1ccccc1OC. The summed E-state index contributed by atoms with van der Waals surface area (Å²) in [6, 6.07) is 13.8. The van der Waals surface area contributed by atoms with Crippen molar-refractivity contribution in [3.05, 3.63) is 65.0 Å². The summed E-state index contributed by atoms with van der Waals surface area (Å²) >= 11 is 0. The van der Waals surface area contributed by atoms with Gasteiger partial charge in [0, 0.05) is 22.5 Å². The Morgan fingerprint density at radius 3 is 2.58 bits per heavy atom. The molecule has 31 heavy (non-hydrogen) atoms. The molecule has 2 aromatic carbocycles. The summed E-state index contributed by atoms with van der Waals surface area (Å²) in [7, 11) is 1.67. The lowest BCUT2D eigenvalue weighted by atomic mass is 9.97. The Morgan fingerprint density at radius 2 is 1.87 bits per heavy atom. The van der Waals surface area contributed by atoms with Crippen LogP contribution in [0.3, 0.4) is 0 Å². The highest BCUT2D eigenvalue weighted by Crippen LogP contribution is 2.39. The molecule has 6 heteroatoms. The van der Waals surface area contributed by atoms with Crippen LogP contribution in [0.1, 0.15) is 40.7 Å². The molecule has 0 radical (unpaired) electrons. The van der Waals surface area contributed by atoms with Gasteiger partial charge in [-0.2, -0.15) is 0 Å². The molecule has 6 nitrogen and oxygen atoms in total. The van der Waals surface area contributed by atoms with Crippen molar-refractivity contribution in [2.24, 2.45) is 5.73 Å². The third kappa shape index (κ3) is 3.85. The minimum atomic E-state index is -0.432. The molecule has 2 N–H and O–H groups in total. The minimum absolute atomic E-state index is 0.432. The number of rotatable bonds is 7. The van der Waals surface area contributed by atoms with Crippen LogP contribution in [0.15, 0.2) is 42.5 Å². The van der Waals surface area contributed by atoms with Crippen molar-refractivity contribution in [1.82, 2.24) is 4.57 Å². The Kier molecular flexibility index (Phi) is 5.89. The molecule has 3 aromatic rings. The van der Waals surface area contributed by atoms with Crippen molar-refractivity contribution in [3.8, 4) is 28.4 Å². The zero-order valence-electron chi connectivity index (χ0n) is 18.2. The zero-order chi connectivity index (χ0) is 22.0. The first-order chi connectivity index (χ1) is 15.0. The van der Waals surface area contributed by atoms with Crippen LogP contribution >= 0.6 is 0 Å². The number of amides is 1. The molecule has 0 bridgehead atoms. The normalized spacial score (nSPS) is 12.6. The van der Waals surface area contributed by atoms with E-state index in [1.54, 1.807) is 7.11 Å². The van der Waals surface area contributed by atoms with Gasteiger partial charge in [0.2, 0.25) is 0 Å². The Bertz CT molecular complexity index is 1120. The van der Waals surface area contributed by atoms with Crippen LogP contribution < -0.4 is 19.9 Å². The number of ether oxygens (including phenoxy) is 3. The molecular weight excluding hydrogens is 392 g/mol. The summed E-state index contributed by atoms with van der Waals surface area (Å²) in [6.07, 6.45) is 1.75. The van der Waals surface area contributed by atoms with E-state index in [1.807, 2.05) is 49.4 Å². The summed E-state index contributed by atoms with van der Waals surface area (Å²) in [5.74, 6) is 1.80. The number of para-hydroxylation sites is 1. The van der Waals surface area contributed by atoms with Gasteiger partial charge in [-0.1, -0.05) is 37.6 Å². The summed E-state index contributed by atoms with van der Waals surface area (Å²) in [5, 5.41) is 0. The number of benzene rings is 2. The van der Waals surface area contributed by atoms with Crippen LogP contribution in [0.25, 0.3) is 11.1 Å². The summed E-state index contributed by atoms with van der Waals surface area (Å²) < 4.78 is 19.2. The van der Waals surface area contributed by atoms with E-state index in [0.717, 1.165) is 52.4 Å². The number of fused-ring (bicyclic) bond motifs is 1. The number of carbonyl (C=O) groups is 1. The topological polar surface area (TPSA) is 75.7 Å². The van der Waals surface area contributed by atoms with Gasteiger partial charge in [-0.3, -0.25) is 4.79 Å². The fourth-order valence-corrected chi connectivity index (χ4v) is 4.32. The second-order valence-electron chi connectivity index (χ2n) is 7.65. The molecule has 0 atom stereocenters. The maximum Gasteiger partial charge on any atom is 0.251 e. The van der Waals surface area contributed by atoms with Gasteiger partial charge in [-0.15, -0.1) is 0 Å². The van der Waals surface area contributed by atoms with Crippen molar-refractivity contribution in [2.75, 3.05) is 20.3 Å². The van der Waals surface area contributed by atoms with Crippen LogP contribution in [0.4, 0.5) is 0 Å². The standard InChI is InChI=1S/C25H28N2O4/c1-4-7-19-24(17-10-11-21-22(14-17)31-13-12-30-21)23(25(26)28)16(2)27(19)15-18-8-5-6-9-20(18)29-3/h5-6,8-11,14H,4,7,12-13,15H2,1-3H3,(H2,26,28). The molecule has 1 aromatic heterocycles. The van der Waals surface area contributed by atoms with Gasteiger partial charge < -0.3 is 24.5 Å². The van der Waals surface area contributed by atoms with E-state index in [0.29, 0.717) is 31.1 Å². The number of nitrogens with two attached hydrogens (primary N) is 1. The van der Waals surface area contributed by atoms with Gasteiger partial charge >= 0.3 is 0 Å². The number of carbonyl (C=O) groups excluding carboxylic acids is 1. The van der Waals surface area contributed by atoms with Crippen molar-refractivity contribution in [1.29, 1.82) is 0 Å². The average Bonchev–Trinajstić information content (AvgIpc) is 3.05. The molecule has 1 aliphatic heterocycles. The van der Waals surface area contributed by atoms with Crippen LogP contribution in [0, 0.1) is 6.92 Å². The summed E-state index contributed by atoms with van der Waals surface area (Å²) in [5.41, 5.74) is 11.2. The molecule has 0 spiro atoms. The van der Waals surface area contributed by atoms with Crippen LogP contribution in [0.2, 0.25) is 0 Å². The first-order valence-corrected chi connectivity index (χ1v) is 10.6. The van der Waals surface area contributed by atoms with Gasteiger partial charge in [0.05, 0.1) is 19.2 Å². The number of methoxy groups -OCH3 is 1. The van der Waals surface area contributed by atoms with E-state index in [9.17, 15) is 4.79 Å². The molecule has 0 fully saturated rings. The molecule has 2 heterocycles. The average molecular weight is 421 g/mol. The molecule has 4 rings (SSSR count). The Balaban J connectivity index is 1.90. The molecule has 0 unspecified atom stereocenters. The summed E-state index contributed by atoms with van der Waals surface area (Å²) in [6.45, 7) is 5.72. The molecule has 1 aliphatic rings. The summed E-state index contributed by atoms with van der Waals surface area (Å²) in [4.78, 5) is 12.6. The molecular formula is C25H28N2O4. The quantitative estimate of drug-likeness (QED) is 0.617. The molecule has 0 aliphatic carbocycles. The first kappa shape index (κ1) is 20.8. The Morgan fingerprint density at radius 1 is 1.13 bits per heavy atom. The monoisotopic (exact) mass is 420 g/mol. The molecule has 162 valence electrons. The van der Waals surface area contributed by atoms with Crippen LogP contribution in [-0.4, -0.2) is 30.8 Å². The van der Waals surface area contributed by atoms with E-state index in [4.69, 9.17) is 19.9 Å².